The zero-order chi connectivity index (χ0) is 59.2. The van der Waals surface area contributed by atoms with Crippen molar-refractivity contribution >= 4 is 17.9 Å². The second-order valence-corrected chi connectivity index (χ2v) is 23.8. The van der Waals surface area contributed by atoms with E-state index in [9.17, 15) is 14.4 Å². The van der Waals surface area contributed by atoms with E-state index in [1.165, 1.54) is 218 Å². The molecule has 0 aromatic heterocycles. The van der Waals surface area contributed by atoms with Crippen molar-refractivity contribution in [2.45, 2.75) is 367 Å². The zero-order valence-corrected chi connectivity index (χ0v) is 54.5. The van der Waals surface area contributed by atoms with Crippen LogP contribution in [0.2, 0.25) is 0 Å². The average molecular weight is 1140 g/mol. The van der Waals surface area contributed by atoms with Gasteiger partial charge in [-0.2, -0.15) is 0 Å². The van der Waals surface area contributed by atoms with Crippen molar-refractivity contribution in [3.8, 4) is 0 Å². The number of ether oxygens (including phenoxy) is 3. The largest absolute Gasteiger partial charge is 0.462 e. The van der Waals surface area contributed by atoms with Crippen LogP contribution in [0.1, 0.15) is 361 Å². The Hall–Kier alpha value is -3.41. The highest BCUT2D eigenvalue weighted by molar-refractivity contribution is 5.71. The molecule has 0 spiro atoms. The van der Waals surface area contributed by atoms with Crippen LogP contribution in [0.5, 0.6) is 0 Å². The van der Waals surface area contributed by atoms with Crippen molar-refractivity contribution in [1.82, 2.24) is 0 Å². The minimum atomic E-state index is -0.781. The molecule has 0 aromatic carbocycles. The van der Waals surface area contributed by atoms with E-state index in [1.54, 1.807) is 0 Å². The standard InChI is InChI=1S/C76H134O6/c1-4-7-10-13-16-19-22-25-28-31-34-35-36-37-38-39-40-41-43-45-48-51-54-57-60-63-66-69-75(78)81-72-73(71-80-74(77)68-65-62-59-56-53-50-47-44-33-30-27-24-21-18-15-12-9-6-3)82-76(79)70-67-64-61-58-55-52-49-46-42-32-29-26-23-20-17-14-11-8-5-2/h7,10,16,19,21,24-25,28,30,33-35,37-38,73H,4-6,8-9,11-15,17-18,20,22-23,26-27,29,31-32,36,39-72H2,1-3H3/b10-7-,19-16-,24-21-,28-25-,33-30-,35-34-,38-37-. The molecule has 0 saturated carbocycles. The molecule has 0 aromatic rings. The zero-order valence-electron chi connectivity index (χ0n) is 54.5. The molecular weight excluding hydrogens is 1010 g/mol. The molecule has 0 amide bonds. The fraction of sp³-hybridized carbons (Fsp3) is 0.776. The molecule has 0 aliphatic rings. The van der Waals surface area contributed by atoms with E-state index in [2.05, 4.69) is 106 Å². The summed E-state index contributed by atoms with van der Waals surface area (Å²) < 4.78 is 17.0. The van der Waals surface area contributed by atoms with Crippen molar-refractivity contribution in [3.05, 3.63) is 85.1 Å². The summed E-state index contributed by atoms with van der Waals surface area (Å²) in [5.74, 6) is -0.865. The maximum absolute atomic E-state index is 13.0. The van der Waals surface area contributed by atoms with Crippen LogP contribution in [0.15, 0.2) is 85.1 Å². The molecule has 1 unspecified atom stereocenters. The summed E-state index contributed by atoms with van der Waals surface area (Å²) in [5, 5.41) is 0. The van der Waals surface area contributed by atoms with Gasteiger partial charge in [0.15, 0.2) is 6.10 Å². The highest BCUT2D eigenvalue weighted by atomic mass is 16.6. The first kappa shape index (κ1) is 78.6. The summed E-state index contributed by atoms with van der Waals surface area (Å²) in [7, 11) is 0. The lowest BCUT2D eigenvalue weighted by Gasteiger charge is -2.18. The minimum absolute atomic E-state index is 0.0769. The molecule has 82 heavy (non-hydrogen) atoms. The highest BCUT2D eigenvalue weighted by Crippen LogP contribution is 2.18. The van der Waals surface area contributed by atoms with Crippen molar-refractivity contribution in [3.63, 3.8) is 0 Å². The fourth-order valence-electron chi connectivity index (χ4n) is 10.3. The Morgan fingerprint density at radius 2 is 0.476 bits per heavy atom. The van der Waals surface area contributed by atoms with Crippen molar-refractivity contribution in [2.24, 2.45) is 0 Å². The number of rotatable bonds is 65. The van der Waals surface area contributed by atoms with Gasteiger partial charge in [-0.15, -0.1) is 0 Å². The first-order valence-electron chi connectivity index (χ1n) is 35.6. The normalized spacial score (nSPS) is 12.6. The second kappa shape index (κ2) is 70.1. The molecule has 6 heteroatoms. The Kier molecular flexibility index (Phi) is 67.2. The molecule has 0 heterocycles. The number of allylic oxidation sites excluding steroid dienone is 14. The molecule has 0 saturated heterocycles. The van der Waals surface area contributed by atoms with Crippen molar-refractivity contribution in [2.75, 3.05) is 13.2 Å². The van der Waals surface area contributed by atoms with Gasteiger partial charge in [-0.25, -0.2) is 0 Å². The van der Waals surface area contributed by atoms with E-state index in [0.717, 1.165) is 103 Å². The number of esters is 3. The molecule has 0 radical (unpaired) electrons. The Balaban J connectivity index is 4.33. The molecule has 1 atom stereocenters. The highest BCUT2D eigenvalue weighted by Gasteiger charge is 2.19. The van der Waals surface area contributed by atoms with Crippen LogP contribution >= 0.6 is 0 Å². The van der Waals surface area contributed by atoms with E-state index in [4.69, 9.17) is 14.2 Å². The number of carbonyl (C=O) groups is 3. The van der Waals surface area contributed by atoms with Gasteiger partial charge in [-0.1, -0.05) is 331 Å². The topological polar surface area (TPSA) is 78.9 Å². The van der Waals surface area contributed by atoms with Crippen LogP contribution < -0.4 is 0 Å². The summed E-state index contributed by atoms with van der Waals surface area (Å²) in [6, 6.07) is 0. The third kappa shape index (κ3) is 67.4. The maximum atomic E-state index is 13.0. The van der Waals surface area contributed by atoms with Gasteiger partial charge in [0.25, 0.3) is 0 Å². The quantitative estimate of drug-likeness (QED) is 0.0261. The van der Waals surface area contributed by atoms with Gasteiger partial charge in [-0.3, -0.25) is 14.4 Å². The lowest BCUT2D eigenvalue weighted by Crippen LogP contribution is -2.30. The average Bonchev–Trinajstić information content (AvgIpc) is 3.47. The van der Waals surface area contributed by atoms with E-state index in [1.807, 2.05) is 0 Å². The van der Waals surface area contributed by atoms with E-state index < -0.39 is 6.10 Å². The van der Waals surface area contributed by atoms with E-state index >= 15 is 0 Å². The molecule has 6 nitrogen and oxygen atoms in total. The molecule has 0 rings (SSSR count). The summed E-state index contributed by atoms with van der Waals surface area (Å²) in [6.45, 7) is 6.56. The van der Waals surface area contributed by atoms with Crippen LogP contribution in [0.4, 0.5) is 0 Å². The van der Waals surface area contributed by atoms with Crippen molar-refractivity contribution < 1.29 is 28.6 Å². The van der Waals surface area contributed by atoms with Gasteiger partial charge < -0.3 is 14.2 Å². The molecule has 0 fully saturated rings. The fourth-order valence-corrected chi connectivity index (χ4v) is 10.3. The summed E-state index contributed by atoms with van der Waals surface area (Å²) in [4.78, 5) is 38.5. The van der Waals surface area contributed by atoms with Gasteiger partial charge in [-0.05, 0) is 96.3 Å². The Labute approximate surface area is 509 Å². The molecule has 0 bridgehead atoms. The van der Waals surface area contributed by atoms with Crippen LogP contribution in [0, 0.1) is 0 Å². The summed E-state index contributed by atoms with van der Waals surface area (Å²) in [5.41, 5.74) is 0. The first-order valence-corrected chi connectivity index (χ1v) is 35.6. The number of hydrogen-bond acceptors (Lipinski definition) is 6. The summed E-state index contributed by atoms with van der Waals surface area (Å²) >= 11 is 0. The van der Waals surface area contributed by atoms with Gasteiger partial charge in [0.1, 0.15) is 13.2 Å². The number of hydrogen-bond donors (Lipinski definition) is 0. The lowest BCUT2D eigenvalue weighted by molar-refractivity contribution is -0.167. The third-order valence-electron chi connectivity index (χ3n) is 15.6. The van der Waals surface area contributed by atoms with Gasteiger partial charge in [0.05, 0.1) is 0 Å². The van der Waals surface area contributed by atoms with E-state index in [0.29, 0.717) is 19.3 Å². The molecule has 0 aliphatic heterocycles. The van der Waals surface area contributed by atoms with Crippen molar-refractivity contribution in [1.29, 1.82) is 0 Å². The smallest absolute Gasteiger partial charge is 0.306 e. The number of carbonyl (C=O) groups excluding carboxylic acids is 3. The summed E-state index contributed by atoms with van der Waals surface area (Å²) in [6.07, 6.45) is 93.1. The van der Waals surface area contributed by atoms with Gasteiger partial charge in [0.2, 0.25) is 0 Å². The number of unbranched alkanes of at least 4 members (excludes halogenated alkanes) is 40. The monoisotopic (exact) mass is 1140 g/mol. The first-order chi connectivity index (χ1) is 40.5. The SMILES string of the molecule is CC/C=C\C/C=C\C/C=C\C/C=C\C/C=C\CCCCCCCCCCCCCC(=O)OCC(COC(=O)CCCCCCCCC/C=C\C/C=C\CCCCCC)OC(=O)CCCCCCCCCCCCCCCCCCCCC. The Bertz CT molecular complexity index is 1550. The predicted octanol–water partition coefficient (Wildman–Crippen LogP) is 24.6. The van der Waals surface area contributed by atoms with E-state index in [-0.39, 0.29) is 31.1 Å². The predicted molar refractivity (Wildman–Crippen MR) is 358 cm³/mol. The Morgan fingerprint density at radius 1 is 0.256 bits per heavy atom. The maximum Gasteiger partial charge on any atom is 0.306 e. The van der Waals surface area contributed by atoms with Crippen LogP contribution in [-0.4, -0.2) is 37.2 Å². The second-order valence-electron chi connectivity index (χ2n) is 23.8. The molecular formula is C76H134O6. The lowest BCUT2D eigenvalue weighted by atomic mass is 10.0. The van der Waals surface area contributed by atoms with Crippen LogP contribution in [-0.2, 0) is 28.6 Å². The van der Waals surface area contributed by atoms with Crippen LogP contribution in [0.25, 0.3) is 0 Å². The van der Waals surface area contributed by atoms with Gasteiger partial charge in [0, 0.05) is 19.3 Å². The molecule has 474 valence electrons. The Morgan fingerprint density at radius 3 is 0.756 bits per heavy atom. The third-order valence-corrected chi connectivity index (χ3v) is 15.6. The minimum Gasteiger partial charge on any atom is -0.462 e. The van der Waals surface area contributed by atoms with Crippen LogP contribution in [0.3, 0.4) is 0 Å². The van der Waals surface area contributed by atoms with Gasteiger partial charge >= 0.3 is 17.9 Å². The molecule has 0 N–H and O–H groups in total. The molecule has 0 aliphatic carbocycles.